The van der Waals surface area contributed by atoms with E-state index >= 15 is 0 Å². The first-order valence-electron chi connectivity index (χ1n) is 9.18. The van der Waals surface area contributed by atoms with Crippen LogP contribution in [0.5, 0.6) is 0 Å². The number of hydrogen-bond acceptors (Lipinski definition) is 6. The van der Waals surface area contributed by atoms with E-state index in [1.807, 2.05) is 4.57 Å². The van der Waals surface area contributed by atoms with E-state index in [-0.39, 0.29) is 17.7 Å². The highest BCUT2D eigenvalue weighted by molar-refractivity contribution is 7.16. The molecule has 1 heterocycles. The molecule has 0 unspecified atom stereocenters. The highest BCUT2D eigenvalue weighted by Crippen LogP contribution is 2.20. The molecule has 30 heavy (non-hydrogen) atoms. The molecule has 0 radical (unpaired) electrons. The lowest BCUT2D eigenvalue weighted by atomic mass is 10.1. The van der Waals surface area contributed by atoms with Gasteiger partial charge in [-0.25, -0.2) is 9.59 Å². The Hall–Kier alpha value is -3.52. The lowest BCUT2D eigenvalue weighted by Crippen LogP contribution is -2.17. The van der Waals surface area contributed by atoms with Gasteiger partial charge < -0.3 is 14.0 Å². The van der Waals surface area contributed by atoms with Crippen molar-refractivity contribution >= 4 is 39.4 Å². The summed E-state index contributed by atoms with van der Waals surface area (Å²) in [6.07, 6.45) is 1.69. The minimum Gasteiger partial charge on any atom is -0.465 e. The second kappa shape index (κ2) is 9.32. The normalized spacial score (nSPS) is 11.3. The number of allylic oxidation sites excluding steroid dienone is 1. The zero-order valence-electron chi connectivity index (χ0n) is 16.6. The number of amides is 1. The molecule has 0 aliphatic carbocycles. The number of carbonyl (C=O) groups is 3. The topological polar surface area (TPSA) is 87.0 Å². The molecule has 0 fully saturated rings. The van der Waals surface area contributed by atoms with Crippen molar-refractivity contribution < 1.29 is 23.9 Å². The van der Waals surface area contributed by atoms with Gasteiger partial charge in [-0.05, 0) is 37.3 Å². The third-order valence-corrected chi connectivity index (χ3v) is 5.31. The van der Waals surface area contributed by atoms with Crippen LogP contribution in [0.15, 0.2) is 60.1 Å². The van der Waals surface area contributed by atoms with Crippen molar-refractivity contribution in [3.05, 3.63) is 76.6 Å². The second-order valence-electron chi connectivity index (χ2n) is 6.14. The standard InChI is InChI=1S/C22H20N2O5S/c1-4-12-24-17-11-10-14(20(26)29-5-2)13-18(17)30-22(24)23-19(25)15-8-6-7-9-16(15)21(27)28-3/h4,6-11,13H,1,5,12H2,2-3H3. The third-order valence-electron chi connectivity index (χ3n) is 4.27. The molecule has 3 rings (SSSR count). The van der Waals surface area contributed by atoms with Crippen LogP contribution >= 0.6 is 11.3 Å². The van der Waals surface area contributed by atoms with Crippen LogP contribution in [0, 0.1) is 0 Å². The maximum atomic E-state index is 12.9. The zero-order chi connectivity index (χ0) is 21.7. The van der Waals surface area contributed by atoms with E-state index in [2.05, 4.69) is 11.6 Å². The van der Waals surface area contributed by atoms with E-state index < -0.39 is 17.8 Å². The highest BCUT2D eigenvalue weighted by Gasteiger charge is 2.17. The molecule has 0 aliphatic heterocycles. The molecule has 3 aromatic rings. The fourth-order valence-corrected chi connectivity index (χ4v) is 3.99. The van der Waals surface area contributed by atoms with Gasteiger partial charge in [0.25, 0.3) is 5.91 Å². The number of benzene rings is 2. The molecule has 0 spiro atoms. The lowest BCUT2D eigenvalue weighted by Gasteiger charge is -2.05. The third kappa shape index (κ3) is 4.23. The summed E-state index contributed by atoms with van der Waals surface area (Å²) in [5.74, 6) is -1.58. The molecule has 1 amide bonds. The number of esters is 2. The summed E-state index contributed by atoms with van der Waals surface area (Å²) >= 11 is 1.26. The van der Waals surface area contributed by atoms with Crippen LogP contribution < -0.4 is 4.80 Å². The minimum absolute atomic E-state index is 0.148. The molecule has 0 bridgehead atoms. The van der Waals surface area contributed by atoms with Gasteiger partial charge in [0.05, 0.1) is 40.6 Å². The van der Waals surface area contributed by atoms with Gasteiger partial charge in [-0.1, -0.05) is 29.5 Å². The molecule has 0 aliphatic rings. The number of rotatable bonds is 6. The fraction of sp³-hybridized carbons (Fsp3) is 0.182. The van der Waals surface area contributed by atoms with Crippen LogP contribution in [0.1, 0.15) is 38.0 Å². The number of ether oxygens (including phenoxy) is 2. The molecule has 0 saturated carbocycles. The number of methoxy groups -OCH3 is 1. The summed E-state index contributed by atoms with van der Waals surface area (Å²) in [7, 11) is 1.26. The molecule has 0 atom stereocenters. The van der Waals surface area contributed by atoms with E-state index in [1.54, 1.807) is 43.3 Å². The molecule has 1 aromatic heterocycles. The maximum Gasteiger partial charge on any atom is 0.338 e. The van der Waals surface area contributed by atoms with Gasteiger partial charge in [0, 0.05) is 6.54 Å². The smallest absolute Gasteiger partial charge is 0.338 e. The quantitative estimate of drug-likeness (QED) is 0.446. The number of hydrogen-bond donors (Lipinski definition) is 0. The Balaban J connectivity index is 2.13. The Labute approximate surface area is 176 Å². The largest absolute Gasteiger partial charge is 0.465 e. The first kappa shape index (κ1) is 21.2. The summed E-state index contributed by atoms with van der Waals surface area (Å²) in [5, 5.41) is 0. The second-order valence-corrected chi connectivity index (χ2v) is 7.15. The van der Waals surface area contributed by atoms with Gasteiger partial charge in [-0.2, -0.15) is 4.99 Å². The van der Waals surface area contributed by atoms with Crippen molar-refractivity contribution in [3.8, 4) is 0 Å². The number of thiazole rings is 1. The van der Waals surface area contributed by atoms with Gasteiger partial charge in [0.15, 0.2) is 4.80 Å². The van der Waals surface area contributed by atoms with Gasteiger partial charge in [-0.3, -0.25) is 4.79 Å². The summed E-state index contributed by atoms with van der Waals surface area (Å²) in [5.41, 5.74) is 1.53. The molecule has 8 heteroatoms. The predicted octanol–water partition coefficient (Wildman–Crippen LogP) is 3.59. The number of aromatic nitrogens is 1. The van der Waals surface area contributed by atoms with Crippen LogP contribution in [-0.2, 0) is 16.0 Å². The molecular formula is C22H20N2O5S. The van der Waals surface area contributed by atoms with Crippen LogP contribution in [0.2, 0.25) is 0 Å². The first-order chi connectivity index (χ1) is 14.5. The van der Waals surface area contributed by atoms with Crippen molar-refractivity contribution in [1.82, 2.24) is 4.57 Å². The van der Waals surface area contributed by atoms with Crippen LogP contribution in [-0.4, -0.2) is 36.1 Å². The predicted molar refractivity (Wildman–Crippen MR) is 114 cm³/mol. The van der Waals surface area contributed by atoms with Crippen molar-refractivity contribution in [1.29, 1.82) is 0 Å². The SMILES string of the molecule is C=CCn1c(=NC(=O)c2ccccc2C(=O)OC)sc2cc(C(=O)OCC)ccc21. The fourth-order valence-electron chi connectivity index (χ4n) is 2.91. The van der Waals surface area contributed by atoms with E-state index in [0.717, 1.165) is 10.2 Å². The van der Waals surface area contributed by atoms with Crippen molar-refractivity contribution in [2.45, 2.75) is 13.5 Å². The number of carbonyl (C=O) groups excluding carboxylic acids is 3. The summed E-state index contributed by atoms with van der Waals surface area (Å²) in [4.78, 5) is 41.6. The Kier molecular flexibility index (Phi) is 6.58. The maximum absolute atomic E-state index is 12.9. The minimum atomic E-state index is -0.608. The van der Waals surface area contributed by atoms with Crippen molar-refractivity contribution in [2.75, 3.05) is 13.7 Å². The molecule has 0 N–H and O–H groups in total. The van der Waals surface area contributed by atoms with E-state index in [4.69, 9.17) is 9.47 Å². The summed E-state index contributed by atoms with van der Waals surface area (Å²) in [6.45, 7) is 6.21. The molecule has 0 saturated heterocycles. The van der Waals surface area contributed by atoms with Crippen LogP contribution in [0.4, 0.5) is 0 Å². The molecule has 2 aromatic carbocycles. The Morgan fingerprint density at radius 3 is 2.53 bits per heavy atom. The Morgan fingerprint density at radius 2 is 1.87 bits per heavy atom. The lowest BCUT2D eigenvalue weighted by molar-refractivity contribution is 0.0525. The average Bonchev–Trinajstić information content (AvgIpc) is 3.09. The Morgan fingerprint density at radius 1 is 1.13 bits per heavy atom. The first-order valence-corrected chi connectivity index (χ1v) is 9.99. The van der Waals surface area contributed by atoms with E-state index in [0.29, 0.717) is 16.9 Å². The van der Waals surface area contributed by atoms with Gasteiger partial charge in [0.1, 0.15) is 0 Å². The van der Waals surface area contributed by atoms with Crippen LogP contribution in [0.3, 0.4) is 0 Å². The van der Waals surface area contributed by atoms with Gasteiger partial charge in [0.2, 0.25) is 0 Å². The Bertz CT molecular complexity index is 1210. The highest BCUT2D eigenvalue weighted by atomic mass is 32.1. The van der Waals surface area contributed by atoms with E-state index in [9.17, 15) is 14.4 Å². The van der Waals surface area contributed by atoms with Crippen LogP contribution in [0.25, 0.3) is 10.2 Å². The van der Waals surface area contributed by atoms with Gasteiger partial charge in [-0.15, -0.1) is 6.58 Å². The average molecular weight is 424 g/mol. The zero-order valence-corrected chi connectivity index (χ0v) is 17.4. The molecule has 154 valence electrons. The monoisotopic (exact) mass is 424 g/mol. The van der Waals surface area contributed by atoms with Crippen molar-refractivity contribution in [2.24, 2.45) is 4.99 Å². The van der Waals surface area contributed by atoms with E-state index in [1.165, 1.54) is 30.6 Å². The van der Waals surface area contributed by atoms with Gasteiger partial charge >= 0.3 is 11.9 Å². The number of nitrogens with zero attached hydrogens (tertiary/aromatic N) is 2. The summed E-state index contributed by atoms with van der Waals surface area (Å²) in [6, 6.07) is 11.5. The number of fused-ring (bicyclic) bond motifs is 1. The molecular weight excluding hydrogens is 404 g/mol. The van der Waals surface area contributed by atoms with Crippen molar-refractivity contribution in [3.63, 3.8) is 0 Å². The summed E-state index contributed by atoms with van der Waals surface area (Å²) < 4.78 is 12.4. The molecule has 7 nitrogen and oxygen atoms in total.